The summed E-state index contributed by atoms with van der Waals surface area (Å²) in [6, 6.07) is 10.5. The monoisotopic (exact) mass is 304 g/mol. The lowest BCUT2D eigenvalue weighted by atomic mass is 9.88. The molecule has 1 aliphatic rings. The van der Waals surface area contributed by atoms with E-state index in [2.05, 4.69) is 6.07 Å². The zero-order valence-corrected chi connectivity index (χ0v) is 11.7. The highest BCUT2D eigenvalue weighted by molar-refractivity contribution is 7.16. The number of nitriles is 1. The molecule has 3 N–H and O–H groups in total. The molecule has 0 fully saturated rings. The third-order valence-corrected chi connectivity index (χ3v) is 4.38. The van der Waals surface area contributed by atoms with Crippen molar-refractivity contribution in [2.45, 2.75) is 5.92 Å². The van der Waals surface area contributed by atoms with Crippen molar-refractivity contribution in [3.05, 3.63) is 56.6 Å². The number of hydrogen-bond donors (Lipinski definition) is 2. The second kappa shape index (κ2) is 4.75. The number of halogens is 1. The van der Waals surface area contributed by atoms with E-state index in [0.717, 1.165) is 10.4 Å². The maximum absolute atomic E-state index is 9.54. The zero-order chi connectivity index (χ0) is 14.3. The average molecular weight is 305 g/mol. The van der Waals surface area contributed by atoms with E-state index in [0.29, 0.717) is 15.7 Å². The number of rotatable bonds is 1. The molecule has 3 rings (SSSR count). The van der Waals surface area contributed by atoms with Crippen molar-refractivity contribution in [1.82, 2.24) is 0 Å². The molecule has 0 bridgehead atoms. The molecule has 1 aromatic carbocycles. The number of nitrogens with two attached hydrogens (primary N) is 1. The molecule has 0 spiro atoms. The Morgan fingerprint density at radius 2 is 2.15 bits per heavy atom. The highest BCUT2D eigenvalue weighted by Gasteiger charge is 2.31. The molecule has 1 atom stereocenters. The van der Waals surface area contributed by atoms with Crippen LogP contribution >= 0.6 is 22.9 Å². The number of allylic oxidation sites excluding steroid dienone is 1. The first-order valence-corrected chi connectivity index (χ1v) is 6.95. The molecule has 0 aliphatic carbocycles. The van der Waals surface area contributed by atoms with Crippen LogP contribution in [0.15, 0.2) is 41.8 Å². The SMILES string of the molecule is N#CC1=C(N)Oc2cc(O)ccc2C1c1ccc(Cl)s1. The van der Waals surface area contributed by atoms with Crippen LogP contribution in [0.1, 0.15) is 16.4 Å². The van der Waals surface area contributed by atoms with Gasteiger partial charge in [0.15, 0.2) is 0 Å². The summed E-state index contributed by atoms with van der Waals surface area (Å²) in [5.41, 5.74) is 6.95. The summed E-state index contributed by atoms with van der Waals surface area (Å²) in [7, 11) is 0. The van der Waals surface area contributed by atoms with Gasteiger partial charge in [0.05, 0.1) is 10.3 Å². The molecule has 1 aliphatic heterocycles. The summed E-state index contributed by atoms with van der Waals surface area (Å²) < 4.78 is 6.06. The van der Waals surface area contributed by atoms with E-state index in [9.17, 15) is 10.4 Å². The summed E-state index contributed by atoms with van der Waals surface area (Å²) in [6.07, 6.45) is 0. The van der Waals surface area contributed by atoms with Crippen molar-refractivity contribution in [2.75, 3.05) is 0 Å². The summed E-state index contributed by atoms with van der Waals surface area (Å²) in [5, 5.41) is 18.9. The minimum Gasteiger partial charge on any atom is -0.508 e. The molecule has 4 nitrogen and oxygen atoms in total. The lowest BCUT2D eigenvalue weighted by molar-refractivity contribution is 0.388. The molecule has 100 valence electrons. The Morgan fingerprint density at radius 1 is 1.35 bits per heavy atom. The number of fused-ring (bicyclic) bond motifs is 1. The first-order valence-electron chi connectivity index (χ1n) is 5.76. The van der Waals surface area contributed by atoms with Gasteiger partial charge in [-0.05, 0) is 18.2 Å². The van der Waals surface area contributed by atoms with Crippen LogP contribution in [0.25, 0.3) is 0 Å². The highest BCUT2D eigenvalue weighted by atomic mass is 35.5. The average Bonchev–Trinajstić information content (AvgIpc) is 2.83. The van der Waals surface area contributed by atoms with Crippen molar-refractivity contribution in [3.8, 4) is 17.6 Å². The fourth-order valence-electron chi connectivity index (χ4n) is 2.22. The number of ether oxygens (including phenoxy) is 1. The summed E-state index contributed by atoms with van der Waals surface area (Å²) in [4.78, 5) is 0.907. The van der Waals surface area contributed by atoms with Crippen LogP contribution in [0.4, 0.5) is 0 Å². The van der Waals surface area contributed by atoms with Crippen LogP contribution in [-0.2, 0) is 0 Å². The molecule has 0 radical (unpaired) electrons. The van der Waals surface area contributed by atoms with Gasteiger partial charge in [-0.3, -0.25) is 0 Å². The molecule has 2 aromatic rings. The van der Waals surface area contributed by atoms with E-state index in [1.54, 1.807) is 18.2 Å². The molecular weight excluding hydrogens is 296 g/mol. The van der Waals surface area contributed by atoms with E-state index in [-0.39, 0.29) is 17.6 Å². The minimum atomic E-state index is -0.318. The van der Waals surface area contributed by atoms with Gasteiger partial charge in [0.25, 0.3) is 0 Å². The fourth-order valence-corrected chi connectivity index (χ4v) is 3.41. The van der Waals surface area contributed by atoms with E-state index < -0.39 is 0 Å². The number of phenols is 1. The molecule has 2 heterocycles. The Bertz CT molecular complexity index is 761. The molecule has 20 heavy (non-hydrogen) atoms. The van der Waals surface area contributed by atoms with Crippen molar-refractivity contribution >= 4 is 22.9 Å². The first kappa shape index (κ1) is 12.9. The Labute approximate surface area is 124 Å². The Balaban J connectivity index is 2.22. The van der Waals surface area contributed by atoms with Gasteiger partial charge in [-0.15, -0.1) is 11.3 Å². The lowest BCUT2D eigenvalue weighted by Gasteiger charge is -2.25. The second-order valence-corrected chi connectivity index (χ2v) is 6.04. The van der Waals surface area contributed by atoms with Crippen LogP contribution in [0.3, 0.4) is 0 Å². The largest absolute Gasteiger partial charge is 0.508 e. The van der Waals surface area contributed by atoms with Gasteiger partial charge in [0.1, 0.15) is 23.1 Å². The van der Waals surface area contributed by atoms with E-state index >= 15 is 0 Å². The van der Waals surface area contributed by atoms with Gasteiger partial charge in [-0.25, -0.2) is 0 Å². The summed E-state index contributed by atoms with van der Waals surface area (Å²) >= 11 is 7.37. The predicted octanol–water partition coefficient (Wildman–Crippen LogP) is 3.33. The molecule has 0 amide bonds. The maximum Gasteiger partial charge on any atom is 0.205 e. The zero-order valence-electron chi connectivity index (χ0n) is 10.1. The van der Waals surface area contributed by atoms with E-state index in [1.165, 1.54) is 17.4 Å². The number of benzene rings is 1. The maximum atomic E-state index is 9.54. The number of nitrogens with zero attached hydrogens (tertiary/aromatic N) is 1. The number of thiophene rings is 1. The van der Waals surface area contributed by atoms with Gasteiger partial charge in [-0.1, -0.05) is 17.7 Å². The third-order valence-electron chi connectivity index (χ3n) is 3.08. The summed E-state index contributed by atoms with van der Waals surface area (Å²) in [6.45, 7) is 0. The summed E-state index contributed by atoms with van der Waals surface area (Å²) in [5.74, 6) is 0.276. The van der Waals surface area contributed by atoms with Gasteiger partial charge < -0.3 is 15.6 Å². The van der Waals surface area contributed by atoms with Crippen molar-refractivity contribution < 1.29 is 9.84 Å². The van der Waals surface area contributed by atoms with Crippen LogP contribution in [0, 0.1) is 11.3 Å². The number of aromatic hydroxyl groups is 1. The standard InChI is InChI=1S/C14H9ClN2O2S/c15-12-4-3-11(20-12)13-8-2-1-7(18)5-10(8)19-14(17)9(13)6-16/h1-5,13,18H,17H2. The molecule has 0 saturated heterocycles. The number of hydrogen-bond acceptors (Lipinski definition) is 5. The van der Waals surface area contributed by atoms with Gasteiger partial charge in [-0.2, -0.15) is 5.26 Å². The van der Waals surface area contributed by atoms with Crippen LogP contribution in [-0.4, -0.2) is 5.11 Å². The van der Waals surface area contributed by atoms with E-state index in [4.69, 9.17) is 22.1 Å². The van der Waals surface area contributed by atoms with Gasteiger partial charge >= 0.3 is 0 Å². The lowest BCUT2D eigenvalue weighted by Crippen LogP contribution is -2.20. The first-order chi connectivity index (χ1) is 9.60. The van der Waals surface area contributed by atoms with Crippen molar-refractivity contribution in [3.63, 3.8) is 0 Å². The fraction of sp³-hybridized carbons (Fsp3) is 0.0714. The van der Waals surface area contributed by atoms with Gasteiger partial charge in [0, 0.05) is 16.5 Å². The Morgan fingerprint density at radius 3 is 2.80 bits per heavy atom. The van der Waals surface area contributed by atoms with Crippen LogP contribution in [0.5, 0.6) is 11.5 Å². The van der Waals surface area contributed by atoms with Crippen molar-refractivity contribution in [1.29, 1.82) is 5.26 Å². The normalized spacial score (nSPS) is 17.3. The topological polar surface area (TPSA) is 79.3 Å². The predicted molar refractivity (Wildman–Crippen MR) is 76.7 cm³/mol. The molecule has 1 aromatic heterocycles. The van der Waals surface area contributed by atoms with Crippen LogP contribution < -0.4 is 10.5 Å². The van der Waals surface area contributed by atoms with Gasteiger partial charge in [0.2, 0.25) is 5.88 Å². The van der Waals surface area contributed by atoms with E-state index in [1.807, 2.05) is 6.07 Å². The molecule has 1 unspecified atom stereocenters. The minimum absolute atomic E-state index is 0.0557. The number of phenolic OH excluding ortho intramolecular Hbond substituents is 1. The van der Waals surface area contributed by atoms with Crippen LogP contribution in [0.2, 0.25) is 4.34 Å². The Kier molecular flexibility index (Phi) is 3.05. The van der Waals surface area contributed by atoms with Crippen molar-refractivity contribution in [2.24, 2.45) is 5.73 Å². The second-order valence-electron chi connectivity index (χ2n) is 4.29. The quantitative estimate of drug-likeness (QED) is 0.847. The molecular formula is C14H9ClN2O2S. The molecule has 0 saturated carbocycles. The Hall–Kier alpha value is -2.16. The molecule has 6 heteroatoms. The highest BCUT2D eigenvalue weighted by Crippen LogP contribution is 2.45. The smallest absolute Gasteiger partial charge is 0.205 e. The third kappa shape index (κ3) is 1.99.